The van der Waals surface area contributed by atoms with Crippen LogP contribution in [0.3, 0.4) is 0 Å². The van der Waals surface area contributed by atoms with Crippen molar-refractivity contribution in [3.8, 4) is 6.07 Å². The van der Waals surface area contributed by atoms with Crippen molar-refractivity contribution in [3.05, 3.63) is 35.4 Å². The van der Waals surface area contributed by atoms with Gasteiger partial charge in [0.1, 0.15) is 6.54 Å². The Morgan fingerprint density at radius 1 is 1.44 bits per heavy atom. The highest BCUT2D eigenvalue weighted by molar-refractivity contribution is 5.78. The number of hydrogen-bond acceptors (Lipinski definition) is 3. The van der Waals surface area contributed by atoms with Crippen molar-refractivity contribution in [1.82, 2.24) is 10.6 Å². The first-order valence-corrected chi connectivity index (χ1v) is 6.26. The highest BCUT2D eigenvalue weighted by Crippen LogP contribution is 2.28. The van der Waals surface area contributed by atoms with Crippen LogP contribution in [0.15, 0.2) is 24.3 Å². The summed E-state index contributed by atoms with van der Waals surface area (Å²) < 4.78 is 0. The van der Waals surface area contributed by atoms with Gasteiger partial charge in [-0.1, -0.05) is 24.3 Å². The van der Waals surface area contributed by atoms with E-state index in [1.165, 1.54) is 11.1 Å². The van der Waals surface area contributed by atoms with E-state index in [2.05, 4.69) is 28.8 Å². The Balaban J connectivity index is 1.92. The van der Waals surface area contributed by atoms with Crippen LogP contribution in [-0.2, 0) is 11.2 Å². The third-order valence-corrected chi connectivity index (χ3v) is 3.24. The smallest absolute Gasteiger partial charge is 0.234 e. The fourth-order valence-corrected chi connectivity index (χ4v) is 2.38. The molecule has 4 nitrogen and oxygen atoms in total. The largest absolute Gasteiger partial charge is 0.342 e. The van der Waals surface area contributed by atoms with Gasteiger partial charge in [0.2, 0.25) is 5.91 Å². The predicted molar refractivity (Wildman–Crippen MR) is 68.7 cm³/mol. The van der Waals surface area contributed by atoms with Crippen LogP contribution in [0, 0.1) is 11.3 Å². The second kappa shape index (κ2) is 6.18. The number of benzene rings is 1. The van der Waals surface area contributed by atoms with Crippen LogP contribution in [-0.4, -0.2) is 19.0 Å². The van der Waals surface area contributed by atoms with Crippen LogP contribution < -0.4 is 10.6 Å². The lowest BCUT2D eigenvalue weighted by molar-refractivity contribution is -0.120. The van der Waals surface area contributed by atoms with E-state index in [1.54, 1.807) is 0 Å². The molecule has 0 saturated heterocycles. The summed E-state index contributed by atoms with van der Waals surface area (Å²) in [5.41, 5.74) is 2.68. The van der Waals surface area contributed by atoms with Crippen LogP contribution in [0.2, 0.25) is 0 Å². The highest BCUT2D eigenvalue weighted by atomic mass is 16.1. The normalized spacial score (nSPS) is 17.6. The lowest BCUT2D eigenvalue weighted by Crippen LogP contribution is -2.36. The molecule has 1 aliphatic carbocycles. The van der Waals surface area contributed by atoms with E-state index in [1.807, 2.05) is 12.1 Å². The van der Waals surface area contributed by atoms with Gasteiger partial charge < -0.3 is 10.6 Å². The second-order valence-electron chi connectivity index (χ2n) is 4.46. The Hall–Kier alpha value is -1.86. The molecule has 1 amide bonds. The van der Waals surface area contributed by atoms with Crippen LogP contribution in [0.4, 0.5) is 0 Å². The Morgan fingerprint density at radius 3 is 3.11 bits per heavy atom. The zero-order valence-electron chi connectivity index (χ0n) is 10.3. The molecule has 18 heavy (non-hydrogen) atoms. The molecule has 4 heteroatoms. The number of hydrogen-bond donors (Lipinski definition) is 2. The van der Waals surface area contributed by atoms with E-state index in [0.29, 0.717) is 0 Å². The first kappa shape index (κ1) is 12.6. The van der Waals surface area contributed by atoms with Crippen molar-refractivity contribution in [2.45, 2.75) is 25.3 Å². The Bertz CT molecular complexity index is 464. The molecule has 94 valence electrons. The maximum Gasteiger partial charge on any atom is 0.234 e. The number of rotatable bonds is 4. The van der Waals surface area contributed by atoms with Gasteiger partial charge in [0, 0.05) is 6.04 Å². The van der Waals surface area contributed by atoms with Gasteiger partial charge in [-0.15, -0.1) is 0 Å². The van der Waals surface area contributed by atoms with Gasteiger partial charge in [0.05, 0.1) is 12.6 Å². The molecule has 0 saturated carbocycles. The molecule has 1 unspecified atom stereocenters. The van der Waals surface area contributed by atoms with Gasteiger partial charge in [-0.05, 0) is 30.4 Å². The molecule has 1 aliphatic rings. The number of carbonyl (C=O) groups excluding carboxylic acids is 1. The molecule has 0 aromatic heterocycles. The average Bonchev–Trinajstić information content (AvgIpc) is 2.42. The maximum atomic E-state index is 11.4. The summed E-state index contributed by atoms with van der Waals surface area (Å²) in [5, 5.41) is 14.2. The van der Waals surface area contributed by atoms with Gasteiger partial charge in [-0.2, -0.15) is 5.26 Å². The number of amides is 1. The fraction of sp³-hybridized carbons (Fsp3) is 0.429. The fourth-order valence-electron chi connectivity index (χ4n) is 2.38. The van der Waals surface area contributed by atoms with Crippen molar-refractivity contribution in [2.24, 2.45) is 0 Å². The second-order valence-corrected chi connectivity index (χ2v) is 4.46. The van der Waals surface area contributed by atoms with Crippen LogP contribution in [0.1, 0.15) is 30.0 Å². The summed E-state index contributed by atoms with van der Waals surface area (Å²) >= 11 is 0. The van der Waals surface area contributed by atoms with E-state index in [4.69, 9.17) is 5.26 Å². The number of nitriles is 1. The van der Waals surface area contributed by atoms with Crippen molar-refractivity contribution in [3.63, 3.8) is 0 Å². The zero-order chi connectivity index (χ0) is 12.8. The number of aryl methyl sites for hydroxylation is 1. The highest BCUT2D eigenvalue weighted by Gasteiger charge is 2.19. The molecule has 0 fully saturated rings. The van der Waals surface area contributed by atoms with Crippen molar-refractivity contribution < 1.29 is 4.79 Å². The molecule has 0 spiro atoms. The molecular weight excluding hydrogens is 226 g/mol. The molecule has 0 radical (unpaired) electrons. The standard InChI is InChI=1S/C14H17N3O/c15-8-9-16-14(18)10-17-13-7-3-5-11-4-1-2-6-12(11)13/h1-2,4,6,13,17H,3,5,7,9-10H2,(H,16,18). The number of nitrogens with one attached hydrogen (secondary N) is 2. The summed E-state index contributed by atoms with van der Waals surface area (Å²) in [7, 11) is 0. The summed E-state index contributed by atoms with van der Waals surface area (Å²) in [4.78, 5) is 11.4. The molecule has 2 N–H and O–H groups in total. The van der Waals surface area contributed by atoms with Crippen LogP contribution in [0.5, 0.6) is 0 Å². The van der Waals surface area contributed by atoms with E-state index in [9.17, 15) is 4.79 Å². The SMILES string of the molecule is N#CCNC(=O)CNC1CCCc2ccccc21. The van der Waals surface area contributed by atoms with Crippen molar-refractivity contribution >= 4 is 5.91 Å². The topological polar surface area (TPSA) is 64.9 Å². The molecule has 2 rings (SSSR count). The van der Waals surface area contributed by atoms with Gasteiger partial charge in [0.15, 0.2) is 0 Å². The number of fused-ring (bicyclic) bond motifs is 1. The van der Waals surface area contributed by atoms with Crippen molar-refractivity contribution in [2.75, 3.05) is 13.1 Å². The summed E-state index contributed by atoms with van der Waals surface area (Å²) in [5.74, 6) is -0.125. The van der Waals surface area contributed by atoms with E-state index >= 15 is 0 Å². The molecule has 1 atom stereocenters. The third kappa shape index (κ3) is 3.08. The minimum Gasteiger partial charge on any atom is -0.342 e. The maximum absolute atomic E-state index is 11.4. The summed E-state index contributed by atoms with van der Waals surface area (Å²) in [6.45, 7) is 0.336. The van der Waals surface area contributed by atoms with Gasteiger partial charge in [-0.3, -0.25) is 4.79 Å². The Labute approximate surface area is 107 Å². The van der Waals surface area contributed by atoms with Crippen LogP contribution in [0.25, 0.3) is 0 Å². The Kier molecular flexibility index (Phi) is 4.32. The number of nitrogens with zero attached hydrogens (tertiary/aromatic N) is 1. The minimum absolute atomic E-state index is 0.0712. The first-order chi connectivity index (χ1) is 8.81. The molecule has 0 aliphatic heterocycles. The molecule has 1 aromatic carbocycles. The molecule has 0 heterocycles. The van der Waals surface area contributed by atoms with Gasteiger partial charge in [0.25, 0.3) is 0 Å². The van der Waals surface area contributed by atoms with E-state index in [0.717, 1.165) is 19.3 Å². The van der Waals surface area contributed by atoms with Crippen LogP contribution >= 0.6 is 0 Å². The molecular formula is C14H17N3O. The van der Waals surface area contributed by atoms with Gasteiger partial charge >= 0.3 is 0 Å². The lowest BCUT2D eigenvalue weighted by atomic mass is 9.88. The molecule has 0 bridgehead atoms. The van der Waals surface area contributed by atoms with E-state index < -0.39 is 0 Å². The quantitative estimate of drug-likeness (QED) is 0.783. The monoisotopic (exact) mass is 243 g/mol. The summed E-state index contributed by atoms with van der Waals surface area (Å²) in [6, 6.07) is 10.5. The first-order valence-electron chi connectivity index (χ1n) is 6.26. The predicted octanol–water partition coefficient (Wildman–Crippen LogP) is 1.29. The Morgan fingerprint density at radius 2 is 2.28 bits per heavy atom. The summed E-state index contributed by atoms with van der Waals surface area (Å²) in [6.07, 6.45) is 3.33. The number of carbonyl (C=O) groups is 1. The van der Waals surface area contributed by atoms with Gasteiger partial charge in [-0.25, -0.2) is 0 Å². The van der Waals surface area contributed by atoms with Crippen molar-refractivity contribution in [1.29, 1.82) is 5.26 Å². The average molecular weight is 243 g/mol. The lowest BCUT2D eigenvalue weighted by Gasteiger charge is -2.26. The third-order valence-electron chi connectivity index (χ3n) is 3.24. The van der Waals surface area contributed by atoms with E-state index in [-0.39, 0.29) is 25.0 Å². The zero-order valence-corrected chi connectivity index (χ0v) is 10.3. The minimum atomic E-state index is -0.125. The molecule has 1 aromatic rings.